The van der Waals surface area contributed by atoms with Crippen LogP contribution in [-0.4, -0.2) is 254 Å². The zero-order chi connectivity index (χ0) is 60.0. The van der Waals surface area contributed by atoms with Gasteiger partial charge in [-0.15, -0.1) is 0 Å². The number of aliphatic hydroxyl groups excluding tert-OH is 10. The van der Waals surface area contributed by atoms with Crippen molar-refractivity contribution in [1.29, 1.82) is 0 Å². The average Bonchev–Trinajstić information content (AvgIpc) is 1.46. The van der Waals surface area contributed by atoms with Gasteiger partial charge in [-0.2, -0.15) is 8.42 Å². The highest BCUT2D eigenvalue weighted by atomic mass is 32.3. The molecular weight excluding hydrogens is 1110 g/mol. The molecular formula is C54H86O27S. The van der Waals surface area contributed by atoms with Crippen LogP contribution in [0.2, 0.25) is 0 Å². The van der Waals surface area contributed by atoms with Crippen molar-refractivity contribution < 1.29 is 130 Å². The summed E-state index contributed by atoms with van der Waals surface area (Å²) in [5.41, 5.74) is -6.49. The maximum absolute atomic E-state index is 14.7. The number of carbonyl (C=O) groups is 1. The number of fused-ring (bicyclic) bond motifs is 4. The normalized spacial score (nSPS) is 53.6. The smallest absolute Gasteiger partial charge is 0.397 e. The second-order valence-electron chi connectivity index (χ2n) is 26.5. The number of rotatable bonds is 14. The zero-order valence-electron chi connectivity index (χ0n) is 47.6. The Morgan fingerprint density at radius 1 is 0.659 bits per heavy atom. The number of allylic oxidation sites excluding steroid dienone is 1. The fourth-order valence-electron chi connectivity index (χ4n) is 17.0. The van der Waals surface area contributed by atoms with E-state index in [1.165, 1.54) is 14.0 Å². The van der Waals surface area contributed by atoms with E-state index in [0.29, 0.717) is 44.9 Å². The largest absolute Gasteiger partial charge is 0.453 e. The lowest BCUT2D eigenvalue weighted by Crippen LogP contribution is -2.69. The maximum atomic E-state index is 14.7. The van der Waals surface area contributed by atoms with Crippen LogP contribution >= 0.6 is 0 Å². The molecule has 1 unspecified atom stereocenters. The summed E-state index contributed by atoms with van der Waals surface area (Å²) < 4.78 is 104. The third-order valence-electron chi connectivity index (χ3n) is 21.4. The summed E-state index contributed by atoms with van der Waals surface area (Å²) in [6.45, 7) is 13.1. The van der Waals surface area contributed by atoms with E-state index in [0.717, 1.165) is 5.57 Å². The highest BCUT2D eigenvalue weighted by molar-refractivity contribution is 7.80. The highest BCUT2D eigenvalue weighted by Crippen LogP contribution is 2.77. The molecule has 0 radical (unpaired) electrons. The lowest BCUT2D eigenvalue weighted by atomic mass is 9.40. The van der Waals surface area contributed by atoms with Crippen molar-refractivity contribution in [3.8, 4) is 0 Å². The highest BCUT2D eigenvalue weighted by Gasteiger charge is 2.87. The van der Waals surface area contributed by atoms with E-state index < -0.39 is 210 Å². The van der Waals surface area contributed by atoms with Gasteiger partial charge in [0.15, 0.2) is 30.8 Å². The molecule has 10 aliphatic rings. The first-order valence-corrected chi connectivity index (χ1v) is 30.0. The van der Waals surface area contributed by atoms with Crippen molar-refractivity contribution in [2.24, 2.45) is 33.5 Å². The minimum Gasteiger partial charge on any atom is -0.453 e. The third kappa shape index (κ3) is 9.71. The summed E-state index contributed by atoms with van der Waals surface area (Å²) in [4.78, 5) is 14.7. The lowest BCUT2D eigenvalue weighted by molar-refractivity contribution is -0.389. The van der Waals surface area contributed by atoms with Gasteiger partial charge in [-0.25, -0.2) is 4.18 Å². The summed E-state index contributed by atoms with van der Waals surface area (Å²) in [6, 6.07) is 0. The van der Waals surface area contributed by atoms with E-state index in [1.54, 1.807) is 13.0 Å². The zero-order valence-corrected chi connectivity index (χ0v) is 48.4. The number of esters is 1. The molecule has 82 heavy (non-hydrogen) atoms. The summed E-state index contributed by atoms with van der Waals surface area (Å²) in [7, 11) is -4.02. The average molecular weight is 1200 g/mol. The van der Waals surface area contributed by atoms with Gasteiger partial charge >= 0.3 is 16.4 Å². The fourth-order valence-corrected chi connectivity index (χ4v) is 17.5. The Hall–Kier alpha value is -1.76. The first-order chi connectivity index (χ1) is 38.2. The van der Waals surface area contributed by atoms with Gasteiger partial charge in [0.2, 0.25) is 0 Å². The summed E-state index contributed by atoms with van der Waals surface area (Å²) in [6.07, 6.45) is -29.1. The van der Waals surface area contributed by atoms with Crippen LogP contribution in [0.15, 0.2) is 11.6 Å². The molecule has 0 aromatic heterocycles. The van der Waals surface area contributed by atoms with Crippen LogP contribution in [0, 0.1) is 33.5 Å². The van der Waals surface area contributed by atoms with Crippen LogP contribution in [0.4, 0.5) is 0 Å². The van der Waals surface area contributed by atoms with Crippen LogP contribution in [0.3, 0.4) is 0 Å². The molecule has 6 aliphatic heterocycles. The standard InChI is InChI=1S/C54H86O27S/c1-22-39(76-45-38(64)41(33(59)26(20-56)74-45)77-44-37(63)40(70-9)32(58)25(19-55)73-44)35(61)36(62)43(72-22)78-42-34(60)27(81-82(67,68)69)21-71-46(42)75-30-13-15-50(6)24-18-29(57)54-47(65)80-52(8,31-12-14-48(2,3)79-31)53(54,66)17-16-51(54,7)23(24)10-11-28(50)49(30,4)5/h18,22-23,25-46,55-64,66H,10-17,19-21H2,1-9H3,(H,67,68,69)/t22-,23-,25-,26-,27-,28+,29+,30+,31?,32-,33-,34+,35-,36-,37-,38-,39-,40+,41+,42-,43+,44+,45+,46+,50-,51+,52+,53+,54+/m1/s1. The Morgan fingerprint density at radius 2 is 1.26 bits per heavy atom. The van der Waals surface area contributed by atoms with E-state index in [-0.39, 0.29) is 18.3 Å². The van der Waals surface area contributed by atoms with Gasteiger partial charge in [-0.3, -0.25) is 9.35 Å². The molecule has 0 aromatic rings. The lowest BCUT2D eigenvalue weighted by Gasteiger charge is -2.64. The second kappa shape index (κ2) is 22.1. The van der Waals surface area contributed by atoms with Crippen molar-refractivity contribution in [1.82, 2.24) is 0 Å². The molecule has 29 atom stereocenters. The Morgan fingerprint density at radius 3 is 1.85 bits per heavy atom. The molecule has 9 fully saturated rings. The Kier molecular flexibility index (Phi) is 17.0. The Balaban J connectivity index is 0.852. The first kappa shape index (κ1) is 63.3. The first-order valence-electron chi connectivity index (χ1n) is 28.6. The summed E-state index contributed by atoms with van der Waals surface area (Å²) in [5.74, 6) is -0.972. The van der Waals surface area contributed by atoms with Crippen molar-refractivity contribution in [3.63, 3.8) is 0 Å². The van der Waals surface area contributed by atoms with Gasteiger partial charge < -0.3 is 108 Å². The van der Waals surface area contributed by atoms with Crippen LogP contribution in [0.5, 0.6) is 0 Å². The van der Waals surface area contributed by atoms with E-state index in [4.69, 9.17) is 56.3 Å². The molecule has 27 nitrogen and oxygen atoms in total. The van der Waals surface area contributed by atoms with Gasteiger partial charge in [0.1, 0.15) is 103 Å². The molecule has 12 N–H and O–H groups in total. The van der Waals surface area contributed by atoms with Crippen LogP contribution < -0.4 is 0 Å². The SMILES string of the molecule is CO[C@@H]1[C@@H](O)[C@H](O[C@@H]2[C@@H](O)[C@H](O[C@H]3[C@H](O)[C@@H](O)[C@H](O[C@H]4[C@H](O[C@H]5CC[C@]6(C)C7=C[C@H](O)[C@@]89C(=O)O[C@@](C)(C%10CCC(C)(C)O%10)[C@@]8(O)CC[C@@]9(C)[C@@H]7CC[C@H]6C5(C)C)OC[C@@H](OS(=O)(=O)O)[C@@H]4O)O[C@@H]3C)O[C@H](CO)[C@H]2O)O[C@H](CO)[C@H]1O. The molecule has 0 amide bonds. The Bertz CT molecular complexity index is 2490. The fraction of sp³-hybridized carbons (Fsp3) is 0.944. The topological polar surface area (TPSA) is 405 Å². The van der Waals surface area contributed by atoms with E-state index in [1.807, 2.05) is 34.6 Å². The number of aliphatic hydroxyl groups is 11. The van der Waals surface area contributed by atoms with E-state index in [9.17, 15) is 73.9 Å². The van der Waals surface area contributed by atoms with E-state index in [2.05, 4.69) is 6.92 Å². The molecule has 4 aliphatic carbocycles. The minimum absolute atomic E-state index is 0.131. The molecule has 3 saturated carbocycles. The van der Waals surface area contributed by atoms with Gasteiger partial charge in [-0.05, 0) is 107 Å². The number of hydrogen-bond donors (Lipinski definition) is 12. The molecule has 6 saturated heterocycles. The molecule has 28 heteroatoms. The van der Waals surface area contributed by atoms with Crippen molar-refractivity contribution in [3.05, 3.63) is 11.6 Å². The number of ether oxygens (including phenoxy) is 11. The van der Waals surface area contributed by atoms with Crippen LogP contribution in [-0.2, 0) is 71.5 Å². The van der Waals surface area contributed by atoms with Gasteiger partial charge in [0.05, 0.1) is 43.7 Å². The van der Waals surface area contributed by atoms with Gasteiger partial charge in [0, 0.05) is 7.11 Å². The third-order valence-corrected chi connectivity index (χ3v) is 21.9. The van der Waals surface area contributed by atoms with Gasteiger partial charge in [0.25, 0.3) is 0 Å². The number of cyclic esters (lactones) is 1. The van der Waals surface area contributed by atoms with Crippen LogP contribution in [0.1, 0.15) is 107 Å². The Labute approximate surface area is 475 Å². The molecule has 10 rings (SSSR count). The summed E-state index contributed by atoms with van der Waals surface area (Å²) >= 11 is 0. The minimum atomic E-state index is -5.19. The molecule has 0 bridgehead atoms. The van der Waals surface area contributed by atoms with Crippen molar-refractivity contribution in [2.75, 3.05) is 26.9 Å². The van der Waals surface area contributed by atoms with Crippen molar-refractivity contribution >= 4 is 16.4 Å². The summed E-state index contributed by atoms with van der Waals surface area (Å²) in [5, 5.41) is 125. The van der Waals surface area contributed by atoms with E-state index >= 15 is 0 Å². The number of carbonyl (C=O) groups excluding carboxylic acids is 1. The molecule has 0 aromatic carbocycles. The van der Waals surface area contributed by atoms with Crippen molar-refractivity contribution in [2.45, 2.75) is 259 Å². The predicted molar refractivity (Wildman–Crippen MR) is 273 cm³/mol. The quantitative estimate of drug-likeness (QED) is 0.0378. The molecule has 6 heterocycles. The second-order valence-corrected chi connectivity index (χ2v) is 27.5. The van der Waals surface area contributed by atoms with Crippen LogP contribution in [0.25, 0.3) is 0 Å². The molecule has 1 spiro atoms. The number of hydrogen-bond acceptors (Lipinski definition) is 26. The number of methoxy groups -OCH3 is 1. The predicted octanol–water partition coefficient (Wildman–Crippen LogP) is -2.26. The van der Waals surface area contributed by atoms with Gasteiger partial charge in [-0.1, -0.05) is 39.3 Å². The maximum Gasteiger partial charge on any atom is 0.397 e. The monoisotopic (exact) mass is 1200 g/mol. The molecule has 470 valence electrons.